The number of carbonyl (C=O) groups excluding carboxylic acids is 2. The molecule has 196 valence electrons. The smallest absolute Gasteiger partial charge is 0.264 e. The molecule has 0 aliphatic carbocycles. The number of methoxy groups -OCH3 is 1. The second kappa shape index (κ2) is 12.4. The van der Waals surface area contributed by atoms with Gasteiger partial charge in [0.05, 0.1) is 17.7 Å². The molecule has 0 unspecified atom stereocenters. The first-order valence-corrected chi connectivity index (χ1v) is 13.4. The minimum absolute atomic E-state index is 0.0360. The summed E-state index contributed by atoms with van der Waals surface area (Å²) < 4.78 is 34.0. The molecule has 0 fully saturated rings. The third-order valence-corrected chi connectivity index (χ3v) is 7.53. The van der Waals surface area contributed by atoms with Gasteiger partial charge in [0.1, 0.15) is 18.3 Å². The van der Waals surface area contributed by atoms with Crippen molar-refractivity contribution in [3.63, 3.8) is 0 Å². The summed E-state index contributed by atoms with van der Waals surface area (Å²) >= 11 is 0. The highest BCUT2D eigenvalue weighted by Gasteiger charge is 2.33. The normalized spacial score (nSPS) is 12.0. The Morgan fingerprint density at radius 3 is 2.03 bits per heavy atom. The lowest BCUT2D eigenvalue weighted by Gasteiger charge is -2.32. The molecule has 0 radical (unpaired) electrons. The van der Waals surface area contributed by atoms with E-state index in [1.54, 1.807) is 49.4 Å². The maximum atomic E-state index is 13.8. The maximum absolute atomic E-state index is 13.8. The van der Waals surface area contributed by atoms with Gasteiger partial charge in [-0.15, -0.1) is 0 Å². The van der Waals surface area contributed by atoms with E-state index in [1.807, 2.05) is 44.2 Å². The molecule has 0 saturated heterocycles. The van der Waals surface area contributed by atoms with Crippen LogP contribution < -0.4 is 14.4 Å². The highest BCUT2D eigenvalue weighted by molar-refractivity contribution is 7.92. The molecule has 0 spiro atoms. The number of sulfonamides is 1. The number of carbonyl (C=O) groups is 2. The number of nitrogens with one attached hydrogen (secondary N) is 1. The Bertz CT molecular complexity index is 1300. The van der Waals surface area contributed by atoms with E-state index in [0.717, 1.165) is 9.87 Å². The lowest BCUT2D eigenvalue weighted by Crippen LogP contribution is -2.52. The lowest BCUT2D eigenvalue weighted by molar-refractivity contribution is -0.139. The quantitative estimate of drug-likeness (QED) is 0.412. The van der Waals surface area contributed by atoms with E-state index in [0.29, 0.717) is 5.75 Å². The summed E-state index contributed by atoms with van der Waals surface area (Å²) in [5.41, 5.74) is 1.04. The molecule has 0 heterocycles. The van der Waals surface area contributed by atoms with Gasteiger partial charge in [-0.3, -0.25) is 13.9 Å². The third kappa shape index (κ3) is 6.89. The summed E-state index contributed by atoms with van der Waals surface area (Å²) in [6.07, 6.45) is 0. The molecular formula is C28H33N3O5S. The summed E-state index contributed by atoms with van der Waals surface area (Å²) in [5.74, 6) is -0.551. The molecular weight excluding hydrogens is 490 g/mol. The number of benzene rings is 3. The number of hydrogen-bond acceptors (Lipinski definition) is 5. The molecule has 8 nitrogen and oxygen atoms in total. The van der Waals surface area contributed by atoms with Crippen molar-refractivity contribution in [2.45, 2.75) is 44.3 Å². The van der Waals surface area contributed by atoms with Crippen LogP contribution in [0, 0.1) is 0 Å². The second-order valence-electron chi connectivity index (χ2n) is 8.84. The van der Waals surface area contributed by atoms with Crippen molar-refractivity contribution in [1.29, 1.82) is 0 Å². The van der Waals surface area contributed by atoms with Crippen molar-refractivity contribution in [1.82, 2.24) is 10.2 Å². The van der Waals surface area contributed by atoms with Crippen LogP contribution in [0.4, 0.5) is 5.69 Å². The van der Waals surface area contributed by atoms with Crippen molar-refractivity contribution in [2.24, 2.45) is 0 Å². The van der Waals surface area contributed by atoms with Crippen LogP contribution in [-0.4, -0.2) is 50.9 Å². The Morgan fingerprint density at radius 2 is 1.43 bits per heavy atom. The van der Waals surface area contributed by atoms with E-state index in [4.69, 9.17) is 4.74 Å². The minimum Gasteiger partial charge on any atom is -0.495 e. The van der Waals surface area contributed by atoms with Crippen LogP contribution in [-0.2, 0) is 26.2 Å². The van der Waals surface area contributed by atoms with E-state index >= 15 is 0 Å². The summed E-state index contributed by atoms with van der Waals surface area (Å²) in [4.78, 5) is 28.2. The molecule has 9 heteroatoms. The standard InChI is InChI=1S/C28H33N3O5S/c1-21(2)29-28(33)22(3)30(19-23-13-7-5-8-14-23)27(32)20-31(25-17-11-12-18-26(25)36-4)37(34,35)24-15-9-6-10-16-24/h5-18,21-22H,19-20H2,1-4H3,(H,29,33)/t22-/m0/s1. The Kier molecular flexibility index (Phi) is 9.30. The molecule has 37 heavy (non-hydrogen) atoms. The highest BCUT2D eigenvalue weighted by atomic mass is 32.2. The fraction of sp³-hybridized carbons (Fsp3) is 0.286. The molecule has 0 bridgehead atoms. The van der Waals surface area contributed by atoms with Crippen LogP contribution in [0.5, 0.6) is 5.75 Å². The largest absolute Gasteiger partial charge is 0.495 e. The van der Waals surface area contributed by atoms with Gasteiger partial charge >= 0.3 is 0 Å². The van der Waals surface area contributed by atoms with Crippen LogP contribution in [0.2, 0.25) is 0 Å². The van der Waals surface area contributed by atoms with Crippen molar-refractivity contribution in [2.75, 3.05) is 18.0 Å². The first-order valence-electron chi connectivity index (χ1n) is 12.0. The van der Waals surface area contributed by atoms with Gasteiger partial charge in [-0.25, -0.2) is 8.42 Å². The summed E-state index contributed by atoms with van der Waals surface area (Å²) in [6.45, 7) is 4.92. The highest BCUT2D eigenvalue weighted by Crippen LogP contribution is 2.32. The fourth-order valence-electron chi connectivity index (χ4n) is 3.84. The number of rotatable bonds is 11. The molecule has 1 N–H and O–H groups in total. The zero-order valence-electron chi connectivity index (χ0n) is 21.5. The number of ether oxygens (including phenoxy) is 1. The van der Waals surface area contributed by atoms with E-state index < -0.39 is 28.5 Å². The van der Waals surface area contributed by atoms with E-state index in [2.05, 4.69) is 5.32 Å². The fourth-order valence-corrected chi connectivity index (χ4v) is 5.28. The summed E-state index contributed by atoms with van der Waals surface area (Å²) in [7, 11) is -2.71. The van der Waals surface area contributed by atoms with Gasteiger partial charge in [0.15, 0.2) is 0 Å². The van der Waals surface area contributed by atoms with Crippen LogP contribution in [0.25, 0.3) is 0 Å². The van der Waals surface area contributed by atoms with Gasteiger partial charge < -0.3 is 15.0 Å². The molecule has 3 aromatic rings. The monoisotopic (exact) mass is 523 g/mol. The predicted octanol–water partition coefficient (Wildman–Crippen LogP) is 3.83. The van der Waals surface area contributed by atoms with Crippen molar-refractivity contribution in [3.8, 4) is 5.75 Å². The number of para-hydroxylation sites is 2. The van der Waals surface area contributed by atoms with Gasteiger partial charge in [-0.2, -0.15) is 0 Å². The average Bonchev–Trinajstić information content (AvgIpc) is 2.90. The van der Waals surface area contributed by atoms with Gasteiger partial charge in [0.25, 0.3) is 10.0 Å². The lowest BCUT2D eigenvalue weighted by atomic mass is 10.1. The van der Waals surface area contributed by atoms with Crippen LogP contribution in [0.15, 0.2) is 89.8 Å². The number of nitrogens with zero attached hydrogens (tertiary/aromatic N) is 2. The Labute approximate surface area is 218 Å². The molecule has 3 aromatic carbocycles. The van der Waals surface area contributed by atoms with Crippen LogP contribution in [0.1, 0.15) is 26.3 Å². The molecule has 0 aliphatic heterocycles. The number of amides is 2. The van der Waals surface area contributed by atoms with Gasteiger partial charge in [0, 0.05) is 12.6 Å². The Balaban J connectivity index is 2.05. The Hall–Kier alpha value is -3.85. The van der Waals surface area contributed by atoms with Crippen molar-refractivity contribution >= 4 is 27.5 Å². The van der Waals surface area contributed by atoms with Gasteiger partial charge in [-0.05, 0) is 50.6 Å². The van der Waals surface area contributed by atoms with Crippen LogP contribution in [0.3, 0.4) is 0 Å². The first kappa shape index (κ1) is 27.7. The Morgan fingerprint density at radius 1 is 0.865 bits per heavy atom. The summed E-state index contributed by atoms with van der Waals surface area (Å²) in [5, 5.41) is 2.84. The van der Waals surface area contributed by atoms with E-state index in [9.17, 15) is 18.0 Å². The van der Waals surface area contributed by atoms with Crippen molar-refractivity contribution in [3.05, 3.63) is 90.5 Å². The van der Waals surface area contributed by atoms with Crippen molar-refractivity contribution < 1.29 is 22.7 Å². The molecule has 3 rings (SSSR count). The molecule has 0 aliphatic rings. The molecule has 1 atom stereocenters. The zero-order chi connectivity index (χ0) is 27.0. The first-order chi connectivity index (χ1) is 17.6. The maximum Gasteiger partial charge on any atom is 0.264 e. The van der Waals surface area contributed by atoms with E-state index in [-0.39, 0.29) is 29.1 Å². The molecule has 0 saturated carbocycles. The number of hydrogen-bond donors (Lipinski definition) is 1. The molecule has 0 aromatic heterocycles. The second-order valence-corrected chi connectivity index (χ2v) is 10.7. The molecule has 2 amide bonds. The predicted molar refractivity (Wildman–Crippen MR) is 144 cm³/mol. The topological polar surface area (TPSA) is 96.0 Å². The van der Waals surface area contributed by atoms with Crippen LogP contribution >= 0.6 is 0 Å². The van der Waals surface area contributed by atoms with E-state index in [1.165, 1.54) is 24.1 Å². The average molecular weight is 524 g/mol. The summed E-state index contributed by atoms with van der Waals surface area (Å²) in [6, 6.07) is 22.8. The zero-order valence-corrected chi connectivity index (χ0v) is 22.3. The minimum atomic E-state index is -4.15. The number of anilines is 1. The van der Waals surface area contributed by atoms with Gasteiger partial charge in [-0.1, -0.05) is 60.7 Å². The SMILES string of the molecule is COc1ccccc1N(CC(=O)N(Cc1ccccc1)[C@@H](C)C(=O)NC(C)C)S(=O)(=O)c1ccccc1. The third-order valence-electron chi connectivity index (χ3n) is 5.76. The van der Waals surface area contributed by atoms with Gasteiger partial charge in [0.2, 0.25) is 11.8 Å².